The minimum absolute atomic E-state index is 0.235. The molecule has 0 saturated carbocycles. The number of aromatic nitrogens is 3. The molecule has 2 heterocycles. The van der Waals surface area contributed by atoms with Crippen LogP contribution in [-0.2, 0) is 6.42 Å². The van der Waals surface area contributed by atoms with E-state index in [0.29, 0.717) is 15.1 Å². The third-order valence-electron chi connectivity index (χ3n) is 1.80. The Bertz CT molecular complexity index is 544. The van der Waals surface area contributed by atoms with Gasteiger partial charge in [0.15, 0.2) is 4.34 Å². The molecule has 17 heavy (non-hydrogen) atoms. The Morgan fingerprint density at radius 2 is 2.00 bits per heavy atom. The van der Waals surface area contributed by atoms with Gasteiger partial charge in [-0.1, -0.05) is 41.7 Å². The van der Waals surface area contributed by atoms with Crippen LogP contribution in [0.25, 0.3) is 0 Å². The molecule has 0 saturated heterocycles. The quantitative estimate of drug-likeness (QED) is 0.772. The SMILES string of the molecule is CCc1nsc(Sc2nc(Cl)c(Cl)cc2Cl)n1. The van der Waals surface area contributed by atoms with Gasteiger partial charge in [0.1, 0.15) is 16.0 Å². The highest BCUT2D eigenvalue weighted by atomic mass is 35.5. The van der Waals surface area contributed by atoms with Gasteiger partial charge in [0, 0.05) is 6.42 Å². The van der Waals surface area contributed by atoms with Crippen molar-refractivity contribution in [2.24, 2.45) is 0 Å². The monoisotopic (exact) mass is 325 g/mol. The highest BCUT2D eigenvalue weighted by Crippen LogP contribution is 2.36. The maximum absolute atomic E-state index is 6.02. The van der Waals surface area contributed by atoms with Crippen molar-refractivity contribution in [3.8, 4) is 0 Å². The van der Waals surface area contributed by atoms with Crippen molar-refractivity contribution < 1.29 is 0 Å². The third-order valence-corrected chi connectivity index (χ3v) is 4.67. The summed E-state index contributed by atoms with van der Waals surface area (Å²) in [7, 11) is 0. The second kappa shape index (κ2) is 5.71. The number of hydrogen-bond acceptors (Lipinski definition) is 5. The molecule has 2 rings (SSSR count). The number of nitrogens with zero attached hydrogens (tertiary/aromatic N) is 3. The van der Waals surface area contributed by atoms with Crippen LogP contribution in [0.15, 0.2) is 15.4 Å². The second-order valence-electron chi connectivity index (χ2n) is 2.98. The van der Waals surface area contributed by atoms with Crippen molar-refractivity contribution in [3.63, 3.8) is 0 Å². The maximum atomic E-state index is 6.02. The van der Waals surface area contributed by atoms with Crippen LogP contribution in [0.5, 0.6) is 0 Å². The van der Waals surface area contributed by atoms with Gasteiger partial charge in [-0.2, -0.15) is 4.37 Å². The van der Waals surface area contributed by atoms with Crippen molar-refractivity contribution in [1.29, 1.82) is 0 Å². The summed E-state index contributed by atoms with van der Waals surface area (Å²) in [6.45, 7) is 2.00. The van der Waals surface area contributed by atoms with Crippen molar-refractivity contribution in [2.45, 2.75) is 22.7 Å². The minimum atomic E-state index is 0.235. The van der Waals surface area contributed by atoms with E-state index in [1.54, 1.807) is 6.07 Å². The molecule has 0 amide bonds. The summed E-state index contributed by atoms with van der Waals surface area (Å²) in [6, 6.07) is 1.57. The van der Waals surface area contributed by atoms with Crippen molar-refractivity contribution >= 4 is 58.1 Å². The van der Waals surface area contributed by atoms with Gasteiger partial charge in [-0.25, -0.2) is 9.97 Å². The van der Waals surface area contributed by atoms with Crippen molar-refractivity contribution in [3.05, 3.63) is 27.1 Å². The lowest BCUT2D eigenvalue weighted by atomic mass is 10.5. The van der Waals surface area contributed by atoms with Crippen LogP contribution in [0, 0.1) is 0 Å². The standard InChI is InChI=1S/C9H6Cl3N3S2/c1-2-6-13-9(17-15-6)16-8-5(11)3-4(10)7(12)14-8/h3H,2H2,1H3. The Labute approximate surface area is 122 Å². The van der Waals surface area contributed by atoms with E-state index in [2.05, 4.69) is 14.3 Å². The van der Waals surface area contributed by atoms with Crippen molar-refractivity contribution in [2.75, 3.05) is 0 Å². The fourth-order valence-corrected chi connectivity index (χ4v) is 3.28. The highest BCUT2D eigenvalue weighted by molar-refractivity contribution is 8.01. The fourth-order valence-electron chi connectivity index (χ4n) is 1.01. The molecule has 0 radical (unpaired) electrons. The zero-order valence-corrected chi connectivity index (χ0v) is 12.5. The van der Waals surface area contributed by atoms with E-state index in [0.717, 1.165) is 16.6 Å². The first-order valence-corrected chi connectivity index (χ1v) is 7.34. The molecule has 0 aliphatic carbocycles. The molecule has 2 aromatic heterocycles. The molecule has 3 nitrogen and oxygen atoms in total. The second-order valence-corrected chi connectivity index (χ2v) is 6.14. The van der Waals surface area contributed by atoms with Crippen LogP contribution in [0.3, 0.4) is 0 Å². The van der Waals surface area contributed by atoms with E-state index in [4.69, 9.17) is 34.8 Å². The number of pyridine rings is 1. The Kier molecular flexibility index (Phi) is 4.49. The molecule has 2 aromatic rings. The number of aryl methyl sites for hydroxylation is 1. The lowest BCUT2D eigenvalue weighted by molar-refractivity contribution is 0.970. The molecule has 8 heteroatoms. The molecule has 0 spiro atoms. The van der Waals surface area contributed by atoms with Crippen LogP contribution in [0.1, 0.15) is 12.7 Å². The fraction of sp³-hybridized carbons (Fsp3) is 0.222. The van der Waals surface area contributed by atoms with Gasteiger partial charge in [0.2, 0.25) is 0 Å². The van der Waals surface area contributed by atoms with Crippen LogP contribution in [0.2, 0.25) is 15.2 Å². The molecule has 0 N–H and O–H groups in total. The van der Waals surface area contributed by atoms with Crippen molar-refractivity contribution in [1.82, 2.24) is 14.3 Å². The predicted molar refractivity (Wildman–Crippen MR) is 72.7 cm³/mol. The first kappa shape index (κ1) is 13.4. The van der Waals surface area contributed by atoms with Gasteiger partial charge in [0.05, 0.1) is 10.0 Å². The first-order valence-electron chi connectivity index (χ1n) is 4.62. The Balaban J connectivity index is 2.26. The molecule has 0 aromatic carbocycles. The van der Waals surface area contributed by atoms with E-state index in [1.807, 2.05) is 6.92 Å². The molecular formula is C9H6Cl3N3S2. The highest BCUT2D eigenvalue weighted by Gasteiger charge is 2.12. The molecule has 0 bridgehead atoms. The van der Waals surface area contributed by atoms with Gasteiger partial charge < -0.3 is 0 Å². The summed E-state index contributed by atoms with van der Waals surface area (Å²) in [6.07, 6.45) is 0.805. The smallest absolute Gasteiger partial charge is 0.176 e. The van der Waals surface area contributed by atoms with Gasteiger partial charge in [-0.15, -0.1) is 0 Å². The van der Waals surface area contributed by atoms with E-state index >= 15 is 0 Å². The number of hydrogen-bond donors (Lipinski definition) is 0. The van der Waals surface area contributed by atoms with E-state index in [-0.39, 0.29) is 5.15 Å². The zero-order valence-electron chi connectivity index (χ0n) is 8.58. The van der Waals surface area contributed by atoms with Gasteiger partial charge in [-0.3, -0.25) is 0 Å². The van der Waals surface area contributed by atoms with Crippen LogP contribution >= 0.6 is 58.1 Å². The topological polar surface area (TPSA) is 38.7 Å². The Morgan fingerprint density at radius 3 is 2.65 bits per heavy atom. The molecule has 0 aliphatic heterocycles. The van der Waals surface area contributed by atoms with Crippen LogP contribution in [-0.4, -0.2) is 14.3 Å². The molecule has 0 atom stereocenters. The molecule has 0 fully saturated rings. The number of rotatable bonds is 3. The van der Waals surface area contributed by atoms with Gasteiger partial charge in [0.25, 0.3) is 0 Å². The third kappa shape index (κ3) is 3.23. The van der Waals surface area contributed by atoms with Crippen LogP contribution < -0.4 is 0 Å². The summed E-state index contributed by atoms with van der Waals surface area (Å²) in [5.41, 5.74) is 0. The largest absolute Gasteiger partial charge is 0.226 e. The van der Waals surface area contributed by atoms with Crippen LogP contribution in [0.4, 0.5) is 0 Å². The Hall–Kier alpha value is -0.0700. The maximum Gasteiger partial charge on any atom is 0.176 e. The summed E-state index contributed by atoms with van der Waals surface area (Å²) < 4.78 is 4.97. The molecule has 0 unspecified atom stereocenters. The lowest BCUT2D eigenvalue weighted by Crippen LogP contribution is -1.85. The van der Waals surface area contributed by atoms with Gasteiger partial charge >= 0.3 is 0 Å². The zero-order chi connectivity index (χ0) is 12.4. The van der Waals surface area contributed by atoms with Gasteiger partial charge in [-0.05, 0) is 29.4 Å². The van der Waals surface area contributed by atoms with E-state index in [9.17, 15) is 0 Å². The summed E-state index contributed by atoms with van der Waals surface area (Å²) in [5, 5.41) is 1.61. The predicted octanol–water partition coefficient (Wildman–Crippen LogP) is 4.61. The first-order chi connectivity index (χ1) is 8.10. The lowest BCUT2D eigenvalue weighted by Gasteiger charge is -2.02. The Morgan fingerprint density at radius 1 is 1.24 bits per heavy atom. The normalized spacial score (nSPS) is 10.8. The van der Waals surface area contributed by atoms with E-state index in [1.165, 1.54) is 23.3 Å². The average Bonchev–Trinajstić information content (AvgIpc) is 2.73. The summed E-state index contributed by atoms with van der Waals surface area (Å²) in [4.78, 5) is 8.42. The molecule has 90 valence electrons. The minimum Gasteiger partial charge on any atom is -0.226 e. The average molecular weight is 327 g/mol. The van der Waals surface area contributed by atoms with E-state index < -0.39 is 0 Å². The number of halogens is 3. The summed E-state index contributed by atoms with van der Waals surface area (Å²) >= 11 is 20.3. The summed E-state index contributed by atoms with van der Waals surface area (Å²) in [5.74, 6) is 0.814. The molecular weight excluding hydrogens is 321 g/mol. The molecule has 0 aliphatic rings.